The van der Waals surface area contributed by atoms with Crippen LogP contribution in [0.4, 0.5) is 0 Å². The Kier molecular flexibility index (Phi) is 40.5. The molecule has 270 valence electrons. The highest BCUT2D eigenvalue weighted by Crippen LogP contribution is 2.16. The van der Waals surface area contributed by atoms with Gasteiger partial charge >= 0.3 is 5.97 Å². The third-order valence-corrected chi connectivity index (χ3v) is 9.42. The van der Waals surface area contributed by atoms with Crippen LogP contribution in [0.15, 0.2) is 36.5 Å². The van der Waals surface area contributed by atoms with Crippen LogP contribution in [0.3, 0.4) is 0 Å². The number of carbonyl (C=O) groups excluding carboxylic acids is 1. The van der Waals surface area contributed by atoms with Crippen LogP contribution >= 0.6 is 0 Å². The van der Waals surface area contributed by atoms with Crippen molar-refractivity contribution in [3.63, 3.8) is 0 Å². The van der Waals surface area contributed by atoms with Crippen LogP contribution in [0.2, 0.25) is 0 Å². The van der Waals surface area contributed by atoms with E-state index in [4.69, 9.17) is 4.74 Å². The smallest absolute Gasteiger partial charge is 0.330 e. The molecule has 0 aromatic rings. The zero-order chi connectivity index (χ0) is 33.3. The van der Waals surface area contributed by atoms with Crippen molar-refractivity contribution in [2.24, 2.45) is 0 Å². The Morgan fingerprint density at radius 1 is 0.370 bits per heavy atom. The van der Waals surface area contributed by atoms with Gasteiger partial charge in [-0.05, 0) is 19.3 Å². The lowest BCUT2D eigenvalue weighted by molar-refractivity contribution is -0.137. The molecule has 0 aromatic carbocycles. The van der Waals surface area contributed by atoms with Crippen LogP contribution in [0, 0.1) is 0 Å². The second-order valence-electron chi connectivity index (χ2n) is 14.1. The summed E-state index contributed by atoms with van der Waals surface area (Å²) in [5, 5.41) is 0. The van der Waals surface area contributed by atoms with E-state index in [-0.39, 0.29) is 5.97 Å². The summed E-state index contributed by atoms with van der Waals surface area (Å²) in [4.78, 5) is 11.9. The van der Waals surface area contributed by atoms with Crippen LogP contribution in [0.25, 0.3) is 0 Å². The van der Waals surface area contributed by atoms with E-state index in [0.29, 0.717) is 6.61 Å². The van der Waals surface area contributed by atoms with E-state index in [1.165, 1.54) is 212 Å². The van der Waals surface area contributed by atoms with Crippen LogP contribution < -0.4 is 0 Å². The third kappa shape index (κ3) is 40.7. The minimum Gasteiger partial charge on any atom is -0.463 e. The van der Waals surface area contributed by atoms with Gasteiger partial charge in [-0.1, -0.05) is 243 Å². The normalized spacial score (nSPS) is 12.0. The Bertz CT molecular complexity index is 661. The largest absolute Gasteiger partial charge is 0.463 e. The number of carbonyl (C=O) groups is 1. The van der Waals surface area contributed by atoms with Crippen LogP contribution in [0.1, 0.15) is 232 Å². The summed E-state index contributed by atoms with van der Waals surface area (Å²) in [5.41, 5.74) is 0. The van der Waals surface area contributed by atoms with E-state index >= 15 is 0 Å². The van der Waals surface area contributed by atoms with Crippen LogP contribution in [-0.2, 0) is 9.53 Å². The highest BCUT2D eigenvalue weighted by atomic mass is 16.5. The summed E-state index contributed by atoms with van der Waals surface area (Å²) in [6.45, 7) is 5.13. The molecule has 0 saturated heterocycles. The quantitative estimate of drug-likeness (QED) is 0.0290. The van der Waals surface area contributed by atoms with Gasteiger partial charge < -0.3 is 4.74 Å². The van der Waals surface area contributed by atoms with Crippen molar-refractivity contribution in [1.29, 1.82) is 0 Å². The molecule has 0 N–H and O–H groups in total. The number of rotatable bonds is 38. The second kappa shape index (κ2) is 41.7. The lowest BCUT2D eigenvalue weighted by atomic mass is 10.0. The average Bonchev–Trinajstić information content (AvgIpc) is 3.06. The minimum atomic E-state index is -0.224. The third-order valence-electron chi connectivity index (χ3n) is 9.42. The van der Waals surface area contributed by atoms with E-state index in [1.54, 1.807) is 6.08 Å². The molecule has 0 amide bonds. The van der Waals surface area contributed by atoms with Crippen molar-refractivity contribution in [2.45, 2.75) is 232 Å². The number of hydrogen-bond acceptors (Lipinski definition) is 2. The number of hydrogen-bond donors (Lipinski definition) is 0. The molecule has 0 atom stereocenters. The van der Waals surface area contributed by atoms with E-state index in [0.717, 1.165) is 12.8 Å². The zero-order valence-electron chi connectivity index (χ0n) is 31.5. The predicted octanol–water partition coefficient (Wildman–Crippen LogP) is 15.5. The fraction of sp³-hybridized carbons (Fsp3) is 0.841. The van der Waals surface area contributed by atoms with E-state index < -0.39 is 0 Å². The van der Waals surface area contributed by atoms with E-state index in [1.807, 2.05) is 12.2 Å². The Balaban J connectivity index is 3.29. The van der Waals surface area contributed by atoms with Crippen molar-refractivity contribution < 1.29 is 9.53 Å². The lowest BCUT2D eigenvalue weighted by Crippen LogP contribution is -2.02. The Labute approximate surface area is 290 Å². The van der Waals surface area contributed by atoms with E-state index in [2.05, 4.69) is 26.0 Å². The number of ether oxygens (including phenoxy) is 1. The van der Waals surface area contributed by atoms with Crippen molar-refractivity contribution in [1.82, 2.24) is 0 Å². The molecular formula is C44H82O2. The molecule has 0 fully saturated rings. The molecule has 0 aliphatic rings. The molecule has 0 rings (SSSR count). The molecule has 0 aliphatic heterocycles. The molecular weight excluding hydrogens is 560 g/mol. The highest BCUT2D eigenvalue weighted by molar-refractivity contribution is 5.82. The Hall–Kier alpha value is -1.31. The topological polar surface area (TPSA) is 26.3 Å². The van der Waals surface area contributed by atoms with Gasteiger partial charge in [-0.3, -0.25) is 0 Å². The van der Waals surface area contributed by atoms with Crippen molar-refractivity contribution in [3.05, 3.63) is 36.5 Å². The first-order valence-electron chi connectivity index (χ1n) is 21.0. The van der Waals surface area contributed by atoms with Gasteiger partial charge in [-0.2, -0.15) is 0 Å². The number of esters is 1. The maximum Gasteiger partial charge on any atom is 0.330 e. The summed E-state index contributed by atoms with van der Waals surface area (Å²) in [7, 11) is 0. The summed E-state index contributed by atoms with van der Waals surface area (Å²) < 4.78 is 5.34. The SMILES string of the molecule is CCCCCCCCCCCCCC=CC=CC=CC(=O)OCCCCCCCCCCCCCCCCCCCCCCCC. The molecule has 0 heterocycles. The molecule has 0 spiro atoms. The fourth-order valence-electron chi connectivity index (χ4n) is 6.30. The summed E-state index contributed by atoms with van der Waals surface area (Å²) in [6, 6.07) is 0. The van der Waals surface area contributed by atoms with Gasteiger partial charge in [-0.25, -0.2) is 4.79 Å². The van der Waals surface area contributed by atoms with Gasteiger partial charge in [0.05, 0.1) is 6.61 Å². The maximum absolute atomic E-state index is 11.9. The molecule has 0 aliphatic carbocycles. The average molecular weight is 643 g/mol. The van der Waals surface area contributed by atoms with Gasteiger partial charge in [-0.15, -0.1) is 0 Å². The molecule has 46 heavy (non-hydrogen) atoms. The predicted molar refractivity (Wildman–Crippen MR) is 207 cm³/mol. The molecule has 0 saturated carbocycles. The monoisotopic (exact) mass is 643 g/mol. The van der Waals surface area contributed by atoms with Crippen molar-refractivity contribution in [2.75, 3.05) is 6.61 Å². The van der Waals surface area contributed by atoms with Crippen molar-refractivity contribution >= 4 is 5.97 Å². The zero-order valence-corrected chi connectivity index (χ0v) is 31.5. The summed E-state index contributed by atoms with van der Waals surface area (Å²) >= 11 is 0. The molecule has 0 unspecified atom stereocenters. The number of allylic oxidation sites excluding steroid dienone is 5. The lowest BCUT2D eigenvalue weighted by Gasteiger charge is -2.04. The van der Waals surface area contributed by atoms with Gasteiger partial charge in [0, 0.05) is 6.08 Å². The first kappa shape index (κ1) is 44.7. The number of unbranched alkanes of at least 4 members (excludes halogenated alkanes) is 32. The molecule has 0 bridgehead atoms. The van der Waals surface area contributed by atoms with Gasteiger partial charge in [0.2, 0.25) is 0 Å². The minimum absolute atomic E-state index is 0.224. The summed E-state index contributed by atoms with van der Waals surface area (Å²) in [5.74, 6) is -0.224. The molecule has 2 heteroatoms. The van der Waals surface area contributed by atoms with Crippen LogP contribution in [0.5, 0.6) is 0 Å². The van der Waals surface area contributed by atoms with E-state index in [9.17, 15) is 4.79 Å². The Morgan fingerprint density at radius 2 is 0.674 bits per heavy atom. The first-order chi connectivity index (χ1) is 22.8. The highest BCUT2D eigenvalue weighted by Gasteiger charge is 1.98. The second-order valence-corrected chi connectivity index (χ2v) is 14.1. The Morgan fingerprint density at radius 3 is 1.04 bits per heavy atom. The summed E-state index contributed by atoms with van der Waals surface area (Å²) in [6.07, 6.45) is 58.6. The van der Waals surface area contributed by atoms with Crippen LogP contribution in [-0.4, -0.2) is 12.6 Å². The molecule has 2 nitrogen and oxygen atoms in total. The standard InChI is InChI=1S/C44H82O2/c1-3-5-7-9-11-13-15-17-19-21-22-23-24-25-27-29-31-33-35-37-39-41-43-46-44(45)42-40-38-36-34-32-30-28-26-20-18-16-14-12-10-8-6-4-2/h32,34,36,38,40,42H,3-31,33,35,37,39,41,43H2,1-2H3. The van der Waals surface area contributed by atoms with Crippen molar-refractivity contribution in [3.8, 4) is 0 Å². The van der Waals surface area contributed by atoms with Gasteiger partial charge in [0.1, 0.15) is 0 Å². The molecule has 0 radical (unpaired) electrons. The fourth-order valence-corrected chi connectivity index (χ4v) is 6.30. The first-order valence-corrected chi connectivity index (χ1v) is 21.0. The van der Waals surface area contributed by atoms with Gasteiger partial charge in [0.25, 0.3) is 0 Å². The van der Waals surface area contributed by atoms with Gasteiger partial charge in [0.15, 0.2) is 0 Å². The maximum atomic E-state index is 11.9. The molecule has 0 aromatic heterocycles.